The second-order valence-corrected chi connectivity index (χ2v) is 6.52. The summed E-state index contributed by atoms with van der Waals surface area (Å²) < 4.78 is 0. The Hall–Kier alpha value is -2.84. The molecule has 5 nitrogen and oxygen atoms in total. The van der Waals surface area contributed by atoms with Crippen molar-refractivity contribution in [1.82, 2.24) is 10.6 Å². The van der Waals surface area contributed by atoms with Gasteiger partial charge in [0, 0.05) is 11.7 Å². The summed E-state index contributed by atoms with van der Waals surface area (Å²) in [6.07, 6.45) is 5.75. The lowest BCUT2D eigenvalue weighted by Gasteiger charge is -2.24. The standard InChI is InChI=1S/C20H21N3O2/c1-3-13(2)22-18(24)16-8-9-17(23-19(16)25)14-4-6-15(7-5-14)20(12-21)10-11-20/h3-9,13,19,23,25H,1,10-11H2,2H3,(H,22,24)/t13-,19?/m0/s1. The summed E-state index contributed by atoms with van der Waals surface area (Å²) in [4.78, 5) is 12.1. The van der Waals surface area contributed by atoms with Crippen molar-refractivity contribution in [2.45, 2.75) is 37.5 Å². The summed E-state index contributed by atoms with van der Waals surface area (Å²) in [5.74, 6) is -0.331. The minimum atomic E-state index is -1.08. The Morgan fingerprint density at radius 1 is 1.44 bits per heavy atom. The average molecular weight is 335 g/mol. The first kappa shape index (κ1) is 17.0. The number of nitrogens with one attached hydrogen (secondary N) is 2. The Labute approximate surface area is 147 Å². The number of allylic oxidation sites excluding steroid dienone is 2. The first-order valence-electron chi connectivity index (χ1n) is 8.31. The van der Waals surface area contributed by atoms with Crippen LogP contribution in [-0.2, 0) is 10.2 Å². The van der Waals surface area contributed by atoms with E-state index >= 15 is 0 Å². The van der Waals surface area contributed by atoms with E-state index in [1.807, 2.05) is 31.2 Å². The SMILES string of the molecule is C=C[C@H](C)NC(=O)C1=CC=C(c2ccc(C3(C#N)CC3)cc2)NC1O. The fourth-order valence-corrected chi connectivity index (χ4v) is 2.82. The molecule has 1 aliphatic heterocycles. The maximum atomic E-state index is 12.1. The van der Waals surface area contributed by atoms with Crippen molar-refractivity contribution in [2.75, 3.05) is 0 Å². The van der Waals surface area contributed by atoms with E-state index in [1.54, 1.807) is 18.2 Å². The van der Waals surface area contributed by atoms with Gasteiger partial charge in [0.05, 0.1) is 17.1 Å². The smallest absolute Gasteiger partial charge is 0.252 e. The van der Waals surface area contributed by atoms with Crippen molar-refractivity contribution in [3.05, 3.63) is 65.8 Å². The Bertz CT molecular complexity index is 795. The minimum absolute atomic E-state index is 0.173. The molecule has 1 aromatic rings. The molecule has 0 spiro atoms. The molecule has 0 saturated heterocycles. The zero-order chi connectivity index (χ0) is 18.0. The first-order valence-corrected chi connectivity index (χ1v) is 8.31. The van der Waals surface area contributed by atoms with Crippen LogP contribution in [0.15, 0.2) is 54.6 Å². The first-order chi connectivity index (χ1) is 12.0. The van der Waals surface area contributed by atoms with Crippen LogP contribution in [0.5, 0.6) is 0 Å². The van der Waals surface area contributed by atoms with E-state index in [-0.39, 0.29) is 22.9 Å². The summed E-state index contributed by atoms with van der Waals surface area (Å²) in [6.45, 7) is 5.43. The highest BCUT2D eigenvalue weighted by Gasteiger charge is 2.44. The molecule has 0 radical (unpaired) electrons. The number of aliphatic hydroxyl groups is 1. The van der Waals surface area contributed by atoms with E-state index in [0.717, 1.165) is 29.7 Å². The van der Waals surface area contributed by atoms with Gasteiger partial charge in [0.25, 0.3) is 5.91 Å². The molecule has 1 unspecified atom stereocenters. The normalized spacial score (nSPS) is 21.7. The number of hydrogen-bond donors (Lipinski definition) is 3. The maximum Gasteiger partial charge on any atom is 0.252 e. The van der Waals surface area contributed by atoms with Crippen LogP contribution < -0.4 is 10.6 Å². The lowest BCUT2D eigenvalue weighted by Crippen LogP contribution is -2.41. The van der Waals surface area contributed by atoms with Crippen molar-refractivity contribution < 1.29 is 9.90 Å². The van der Waals surface area contributed by atoms with Crippen molar-refractivity contribution in [1.29, 1.82) is 5.26 Å². The number of benzene rings is 1. The number of dihydropyridines is 1. The zero-order valence-electron chi connectivity index (χ0n) is 14.1. The van der Waals surface area contributed by atoms with Crippen molar-refractivity contribution in [3.8, 4) is 6.07 Å². The molecule has 1 saturated carbocycles. The topological polar surface area (TPSA) is 85.2 Å². The highest BCUT2D eigenvalue weighted by molar-refractivity contribution is 5.96. The molecule has 1 fully saturated rings. The number of nitriles is 1. The molecule has 2 atom stereocenters. The highest BCUT2D eigenvalue weighted by atomic mass is 16.3. The number of nitrogens with zero attached hydrogens (tertiary/aromatic N) is 1. The van der Waals surface area contributed by atoms with E-state index in [4.69, 9.17) is 0 Å². The van der Waals surface area contributed by atoms with E-state index in [1.165, 1.54) is 0 Å². The predicted molar refractivity (Wildman–Crippen MR) is 96.0 cm³/mol. The van der Waals surface area contributed by atoms with E-state index < -0.39 is 6.23 Å². The number of carbonyl (C=O) groups is 1. The third kappa shape index (κ3) is 3.35. The molecule has 0 aromatic heterocycles. The Kier molecular flexibility index (Phi) is 4.47. The van der Waals surface area contributed by atoms with Crippen LogP contribution in [0.1, 0.15) is 30.9 Å². The molecule has 3 N–H and O–H groups in total. The molecule has 25 heavy (non-hydrogen) atoms. The zero-order valence-corrected chi connectivity index (χ0v) is 14.1. The summed E-state index contributed by atoms with van der Waals surface area (Å²) in [5.41, 5.74) is 2.61. The largest absolute Gasteiger partial charge is 0.369 e. The van der Waals surface area contributed by atoms with Gasteiger partial charge in [0.15, 0.2) is 6.23 Å². The molecule has 0 bridgehead atoms. The molecule has 2 aliphatic rings. The maximum absolute atomic E-state index is 12.1. The molecule has 128 valence electrons. The molecule has 3 rings (SSSR count). The molecule has 5 heteroatoms. The van der Waals surface area contributed by atoms with Gasteiger partial charge in [-0.05, 0) is 43.0 Å². The molecule has 1 aromatic carbocycles. The minimum Gasteiger partial charge on any atom is -0.369 e. The monoisotopic (exact) mass is 335 g/mol. The van der Waals surface area contributed by atoms with Gasteiger partial charge >= 0.3 is 0 Å². The third-order valence-electron chi connectivity index (χ3n) is 4.70. The Morgan fingerprint density at radius 2 is 2.12 bits per heavy atom. The van der Waals surface area contributed by atoms with Crippen LogP contribution in [0.3, 0.4) is 0 Å². The van der Waals surface area contributed by atoms with Gasteiger partial charge in [-0.1, -0.05) is 30.3 Å². The fraction of sp³-hybridized carbons (Fsp3) is 0.300. The van der Waals surface area contributed by atoms with Crippen molar-refractivity contribution in [2.24, 2.45) is 0 Å². The van der Waals surface area contributed by atoms with Crippen LogP contribution in [-0.4, -0.2) is 23.3 Å². The summed E-state index contributed by atoms with van der Waals surface area (Å²) >= 11 is 0. The van der Waals surface area contributed by atoms with Gasteiger partial charge in [-0.2, -0.15) is 5.26 Å². The van der Waals surface area contributed by atoms with Gasteiger partial charge < -0.3 is 15.7 Å². The summed E-state index contributed by atoms with van der Waals surface area (Å²) in [7, 11) is 0. The van der Waals surface area contributed by atoms with E-state index in [0.29, 0.717) is 0 Å². The van der Waals surface area contributed by atoms with Gasteiger partial charge in [-0.25, -0.2) is 0 Å². The van der Waals surface area contributed by atoms with Gasteiger partial charge in [-0.3, -0.25) is 4.79 Å². The third-order valence-corrected chi connectivity index (χ3v) is 4.70. The second kappa shape index (κ2) is 6.58. The van der Waals surface area contributed by atoms with Gasteiger partial charge in [-0.15, -0.1) is 6.58 Å². The van der Waals surface area contributed by atoms with Crippen LogP contribution >= 0.6 is 0 Å². The number of amides is 1. The molecular formula is C20H21N3O2. The van der Waals surface area contributed by atoms with Crippen LogP contribution in [0.2, 0.25) is 0 Å². The number of carbonyl (C=O) groups excluding carboxylic acids is 1. The van der Waals surface area contributed by atoms with Gasteiger partial charge in [0.1, 0.15) is 0 Å². The second-order valence-electron chi connectivity index (χ2n) is 6.52. The van der Waals surface area contributed by atoms with Crippen LogP contribution in [0, 0.1) is 11.3 Å². The lowest BCUT2D eigenvalue weighted by atomic mass is 9.95. The molecule has 1 heterocycles. The van der Waals surface area contributed by atoms with Crippen LogP contribution in [0.25, 0.3) is 5.70 Å². The number of hydrogen-bond acceptors (Lipinski definition) is 4. The van der Waals surface area contributed by atoms with Crippen LogP contribution in [0.4, 0.5) is 0 Å². The Balaban J connectivity index is 1.77. The summed E-state index contributed by atoms with van der Waals surface area (Å²) in [5, 5.41) is 25.2. The van der Waals surface area contributed by atoms with E-state index in [2.05, 4.69) is 23.3 Å². The molecule has 1 aliphatic carbocycles. The quantitative estimate of drug-likeness (QED) is 0.720. The predicted octanol–water partition coefficient (Wildman–Crippen LogP) is 2.12. The van der Waals surface area contributed by atoms with Crippen molar-refractivity contribution in [3.63, 3.8) is 0 Å². The number of rotatable bonds is 5. The Morgan fingerprint density at radius 3 is 2.64 bits per heavy atom. The lowest BCUT2D eigenvalue weighted by molar-refractivity contribution is -0.118. The van der Waals surface area contributed by atoms with Crippen molar-refractivity contribution >= 4 is 11.6 Å². The van der Waals surface area contributed by atoms with Gasteiger partial charge in [0.2, 0.25) is 0 Å². The van der Waals surface area contributed by atoms with E-state index in [9.17, 15) is 15.2 Å². The number of aliphatic hydroxyl groups excluding tert-OH is 1. The fourth-order valence-electron chi connectivity index (χ4n) is 2.82. The highest BCUT2D eigenvalue weighted by Crippen LogP contribution is 2.47. The average Bonchev–Trinajstić information content (AvgIpc) is 3.42. The summed E-state index contributed by atoms with van der Waals surface area (Å²) in [6, 6.07) is 9.98. The molecule has 1 amide bonds. The molecular weight excluding hydrogens is 314 g/mol.